The average Bonchev–Trinajstić information content (AvgIpc) is 3.40. The number of benzene rings is 2. The molecule has 8 heteroatoms. The standard InChI is InChI=1S/C24H24ClN5O2/c1-15(2)23(31)29-21(11-16-12-26-20-9-5-3-7-18(16)20)24(32)28-17-13-27-30(14-17)22-10-6-4-8-19(22)25/h3-10,12-15,21,26H,11H2,1-2H3,(H,28,32)(H,29,31). The number of anilines is 1. The Labute approximate surface area is 190 Å². The molecule has 32 heavy (non-hydrogen) atoms. The summed E-state index contributed by atoms with van der Waals surface area (Å²) in [4.78, 5) is 28.8. The van der Waals surface area contributed by atoms with Gasteiger partial charge in [-0.3, -0.25) is 9.59 Å². The van der Waals surface area contributed by atoms with Crippen molar-refractivity contribution in [2.75, 3.05) is 5.32 Å². The largest absolute Gasteiger partial charge is 0.361 e. The van der Waals surface area contributed by atoms with Gasteiger partial charge in [0.2, 0.25) is 11.8 Å². The van der Waals surface area contributed by atoms with Crippen molar-refractivity contribution in [1.82, 2.24) is 20.1 Å². The summed E-state index contributed by atoms with van der Waals surface area (Å²) in [5, 5.41) is 11.6. The lowest BCUT2D eigenvalue weighted by Crippen LogP contribution is -2.46. The Kier molecular flexibility index (Phi) is 6.28. The highest BCUT2D eigenvalue weighted by Crippen LogP contribution is 2.22. The molecule has 164 valence electrons. The van der Waals surface area contributed by atoms with Crippen LogP contribution in [0.2, 0.25) is 5.02 Å². The maximum atomic E-state index is 13.1. The van der Waals surface area contributed by atoms with Gasteiger partial charge in [0.05, 0.1) is 28.8 Å². The first-order valence-corrected chi connectivity index (χ1v) is 10.8. The second-order valence-corrected chi connectivity index (χ2v) is 8.30. The van der Waals surface area contributed by atoms with Crippen molar-refractivity contribution in [3.05, 3.63) is 77.7 Å². The van der Waals surface area contributed by atoms with Crippen LogP contribution in [0.1, 0.15) is 19.4 Å². The Bertz CT molecular complexity index is 1260. The van der Waals surface area contributed by atoms with E-state index in [1.807, 2.05) is 48.7 Å². The van der Waals surface area contributed by atoms with E-state index in [9.17, 15) is 9.59 Å². The molecule has 1 atom stereocenters. The molecule has 0 bridgehead atoms. The van der Waals surface area contributed by atoms with Crippen molar-refractivity contribution in [3.8, 4) is 5.69 Å². The average molecular weight is 450 g/mol. The zero-order valence-corrected chi connectivity index (χ0v) is 18.6. The lowest BCUT2D eigenvalue weighted by molar-refractivity contribution is -0.128. The number of nitrogens with zero attached hydrogens (tertiary/aromatic N) is 2. The Morgan fingerprint density at radius 1 is 1.09 bits per heavy atom. The molecule has 4 rings (SSSR count). The van der Waals surface area contributed by atoms with Crippen LogP contribution in [-0.2, 0) is 16.0 Å². The third-order valence-corrected chi connectivity index (χ3v) is 5.53. The maximum absolute atomic E-state index is 13.1. The minimum Gasteiger partial charge on any atom is -0.361 e. The van der Waals surface area contributed by atoms with E-state index in [-0.39, 0.29) is 17.7 Å². The fraction of sp³-hybridized carbons (Fsp3) is 0.208. The molecule has 4 aromatic rings. The van der Waals surface area contributed by atoms with Crippen LogP contribution in [-0.4, -0.2) is 32.6 Å². The first kappa shape index (κ1) is 21.6. The van der Waals surface area contributed by atoms with Crippen LogP contribution in [0, 0.1) is 5.92 Å². The Morgan fingerprint density at radius 3 is 2.62 bits per heavy atom. The van der Waals surface area contributed by atoms with Crippen LogP contribution in [0.25, 0.3) is 16.6 Å². The van der Waals surface area contributed by atoms with E-state index >= 15 is 0 Å². The minimum absolute atomic E-state index is 0.184. The molecule has 0 saturated carbocycles. The first-order valence-electron chi connectivity index (χ1n) is 10.4. The molecule has 0 aliphatic rings. The van der Waals surface area contributed by atoms with E-state index in [4.69, 9.17) is 11.6 Å². The maximum Gasteiger partial charge on any atom is 0.247 e. The van der Waals surface area contributed by atoms with Crippen LogP contribution >= 0.6 is 11.6 Å². The smallest absolute Gasteiger partial charge is 0.247 e. The summed E-state index contributed by atoms with van der Waals surface area (Å²) in [6.07, 6.45) is 5.47. The number of fused-ring (bicyclic) bond motifs is 1. The van der Waals surface area contributed by atoms with Gasteiger partial charge in [0, 0.05) is 29.4 Å². The van der Waals surface area contributed by atoms with E-state index in [1.54, 1.807) is 37.0 Å². The molecule has 0 radical (unpaired) electrons. The lowest BCUT2D eigenvalue weighted by atomic mass is 10.0. The number of amides is 2. The molecule has 0 aliphatic heterocycles. The van der Waals surface area contributed by atoms with Crippen LogP contribution in [0.4, 0.5) is 5.69 Å². The van der Waals surface area contributed by atoms with Gasteiger partial charge in [0.1, 0.15) is 6.04 Å². The first-order chi connectivity index (χ1) is 15.4. The van der Waals surface area contributed by atoms with E-state index in [0.29, 0.717) is 22.8 Å². The van der Waals surface area contributed by atoms with Gasteiger partial charge >= 0.3 is 0 Å². The summed E-state index contributed by atoms with van der Waals surface area (Å²) >= 11 is 6.24. The number of nitrogens with one attached hydrogen (secondary N) is 3. The third-order valence-electron chi connectivity index (χ3n) is 5.21. The van der Waals surface area contributed by atoms with E-state index in [2.05, 4.69) is 20.7 Å². The van der Waals surface area contributed by atoms with Gasteiger partial charge in [-0.1, -0.05) is 55.8 Å². The number of aromatic amines is 1. The molecule has 1 unspecified atom stereocenters. The predicted molar refractivity (Wildman–Crippen MR) is 126 cm³/mol. The van der Waals surface area contributed by atoms with Crippen molar-refractivity contribution in [2.45, 2.75) is 26.3 Å². The number of carbonyl (C=O) groups is 2. The predicted octanol–water partition coefficient (Wildman–Crippen LogP) is 4.33. The van der Waals surface area contributed by atoms with Crippen molar-refractivity contribution < 1.29 is 9.59 Å². The number of aromatic nitrogens is 3. The molecule has 2 amide bonds. The number of H-pyrrole nitrogens is 1. The molecule has 0 fully saturated rings. The van der Waals surface area contributed by atoms with Crippen LogP contribution < -0.4 is 10.6 Å². The highest BCUT2D eigenvalue weighted by Gasteiger charge is 2.24. The Balaban J connectivity index is 1.55. The molecule has 3 N–H and O–H groups in total. The molecular weight excluding hydrogens is 426 g/mol. The van der Waals surface area contributed by atoms with E-state index in [0.717, 1.165) is 16.5 Å². The highest BCUT2D eigenvalue weighted by atomic mass is 35.5. The van der Waals surface area contributed by atoms with Crippen LogP contribution in [0.15, 0.2) is 67.1 Å². The summed E-state index contributed by atoms with van der Waals surface area (Å²) in [7, 11) is 0. The summed E-state index contributed by atoms with van der Waals surface area (Å²) in [6.45, 7) is 3.59. The van der Waals surface area contributed by atoms with Gasteiger partial charge in [-0.2, -0.15) is 5.10 Å². The number of carbonyl (C=O) groups excluding carboxylic acids is 2. The molecule has 0 saturated heterocycles. The minimum atomic E-state index is -0.743. The second-order valence-electron chi connectivity index (χ2n) is 7.89. The molecule has 2 aromatic carbocycles. The van der Waals surface area contributed by atoms with Crippen molar-refractivity contribution in [2.24, 2.45) is 5.92 Å². The fourth-order valence-electron chi connectivity index (χ4n) is 3.45. The summed E-state index contributed by atoms with van der Waals surface area (Å²) in [6, 6.07) is 14.4. The quantitative estimate of drug-likeness (QED) is 0.392. The summed E-state index contributed by atoms with van der Waals surface area (Å²) < 4.78 is 1.60. The van der Waals surface area contributed by atoms with Crippen molar-refractivity contribution in [3.63, 3.8) is 0 Å². The Hall–Kier alpha value is -3.58. The number of hydrogen-bond acceptors (Lipinski definition) is 3. The molecule has 0 aliphatic carbocycles. The Morgan fingerprint density at radius 2 is 1.84 bits per heavy atom. The van der Waals surface area contributed by atoms with Crippen LogP contribution in [0.3, 0.4) is 0 Å². The number of halogens is 1. The topological polar surface area (TPSA) is 91.8 Å². The molecule has 0 spiro atoms. The van der Waals surface area contributed by atoms with Gasteiger partial charge in [-0.25, -0.2) is 4.68 Å². The van der Waals surface area contributed by atoms with Gasteiger partial charge in [-0.05, 0) is 23.8 Å². The second kappa shape index (κ2) is 9.28. The number of hydrogen-bond donors (Lipinski definition) is 3. The summed E-state index contributed by atoms with van der Waals surface area (Å²) in [5.74, 6) is -0.740. The van der Waals surface area contributed by atoms with Gasteiger partial charge < -0.3 is 15.6 Å². The van der Waals surface area contributed by atoms with Crippen LogP contribution in [0.5, 0.6) is 0 Å². The highest BCUT2D eigenvalue weighted by molar-refractivity contribution is 6.32. The van der Waals surface area contributed by atoms with E-state index < -0.39 is 6.04 Å². The fourth-order valence-corrected chi connectivity index (χ4v) is 3.68. The summed E-state index contributed by atoms with van der Waals surface area (Å²) in [5.41, 5.74) is 3.16. The van der Waals surface area contributed by atoms with Crippen molar-refractivity contribution >= 4 is 40.0 Å². The molecule has 2 aromatic heterocycles. The SMILES string of the molecule is CC(C)C(=O)NC(Cc1c[nH]c2ccccc12)C(=O)Nc1cnn(-c2ccccc2Cl)c1. The van der Waals surface area contributed by atoms with Gasteiger partial charge in [0.15, 0.2) is 0 Å². The molecule has 2 heterocycles. The molecule has 7 nitrogen and oxygen atoms in total. The number of para-hydroxylation sites is 2. The zero-order chi connectivity index (χ0) is 22.7. The van der Waals surface area contributed by atoms with Crippen molar-refractivity contribution in [1.29, 1.82) is 0 Å². The number of rotatable bonds is 7. The zero-order valence-electron chi connectivity index (χ0n) is 17.8. The monoisotopic (exact) mass is 449 g/mol. The third kappa shape index (κ3) is 4.68. The normalized spacial score (nSPS) is 12.1. The van der Waals surface area contributed by atoms with E-state index in [1.165, 1.54) is 0 Å². The molecular formula is C24H24ClN5O2. The van der Waals surface area contributed by atoms with Gasteiger partial charge in [0.25, 0.3) is 0 Å². The lowest BCUT2D eigenvalue weighted by Gasteiger charge is -2.19. The van der Waals surface area contributed by atoms with Gasteiger partial charge in [-0.15, -0.1) is 0 Å².